The zero-order chi connectivity index (χ0) is 9.30. The maximum absolute atomic E-state index is 10.4. The Hall–Kier alpha value is -1.25. The average Bonchev–Trinajstić information content (AvgIpc) is 2.00. The summed E-state index contributed by atoms with van der Waals surface area (Å²) in [6.45, 7) is 1.75. The van der Waals surface area contributed by atoms with Gasteiger partial charge in [0.15, 0.2) is 0 Å². The van der Waals surface area contributed by atoms with E-state index in [2.05, 4.69) is 0 Å². The summed E-state index contributed by atoms with van der Waals surface area (Å²) in [4.78, 5) is 9.80. The molecule has 1 aromatic carbocycles. The predicted octanol–water partition coefficient (Wildman–Crippen LogP) is -0.509. The number of rotatable bonds is 1. The van der Waals surface area contributed by atoms with Crippen LogP contribution >= 0.6 is 0 Å². The van der Waals surface area contributed by atoms with Crippen molar-refractivity contribution in [3.8, 4) is 0 Å². The molecule has 4 radical (unpaired) electrons. The molecule has 1 rings (SSSR count). The fourth-order valence-electron chi connectivity index (χ4n) is 0.893. The van der Waals surface area contributed by atoms with Crippen molar-refractivity contribution in [2.45, 2.75) is 6.92 Å². The lowest BCUT2D eigenvalue weighted by atomic mass is 9.77. The molecule has 0 saturated carbocycles. The number of hydrogen-bond acceptors (Lipinski definition) is 2. The van der Waals surface area contributed by atoms with Crippen molar-refractivity contribution >= 4 is 32.3 Å². The summed E-state index contributed by atoms with van der Waals surface area (Å²) in [5.74, 6) is 0. The number of benzene rings is 1. The van der Waals surface area contributed by atoms with Crippen LogP contribution in [0.1, 0.15) is 5.56 Å². The van der Waals surface area contributed by atoms with Crippen molar-refractivity contribution < 1.29 is 4.92 Å². The van der Waals surface area contributed by atoms with E-state index in [9.17, 15) is 10.1 Å². The Morgan fingerprint density at radius 3 is 2.42 bits per heavy atom. The van der Waals surface area contributed by atoms with Gasteiger partial charge >= 0.3 is 0 Å². The molecule has 0 fully saturated rings. The number of nitrogens with zero attached hydrogens (tertiary/aromatic N) is 1. The molecule has 0 heterocycles. The second-order valence-electron chi connectivity index (χ2n) is 2.49. The molecule has 0 aromatic heterocycles. The van der Waals surface area contributed by atoms with Crippen LogP contribution in [0.15, 0.2) is 12.1 Å². The van der Waals surface area contributed by atoms with Gasteiger partial charge in [0, 0.05) is 6.07 Å². The second kappa shape index (κ2) is 3.01. The molecule has 3 nitrogen and oxygen atoms in total. The zero-order valence-corrected chi connectivity index (χ0v) is 6.57. The Balaban J connectivity index is 3.36. The van der Waals surface area contributed by atoms with Crippen molar-refractivity contribution in [1.82, 2.24) is 0 Å². The number of hydrogen-bond donors (Lipinski definition) is 0. The monoisotopic (exact) mass is 157 g/mol. The first kappa shape index (κ1) is 8.84. The Morgan fingerprint density at radius 2 is 1.92 bits per heavy atom. The average molecular weight is 157 g/mol. The van der Waals surface area contributed by atoms with Gasteiger partial charge in [-0.15, -0.1) is 0 Å². The van der Waals surface area contributed by atoms with Gasteiger partial charge in [-0.25, -0.2) is 0 Å². The van der Waals surface area contributed by atoms with Gasteiger partial charge in [-0.05, 0) is 12.4 Å². The minimum absolute atomic E-state index is 0.0417. The van der Waals surface area contributed by atoms with Crippen LogP contribution in [0.5, 0.6) is 0 Å². The molecule has 0 aliphatic carbocycles. The van der Waals surface area contributed by atoms with Crippen LogP contribution in [-0.2, 0) is 0 Å². The fraction of sp³-hybridized carbons (Fsp3) is 0.143. The molecule has 0 aliphatic rings. The number of nitro benzene ring substituents is 1. The standard InChI is InChI=1S/C7H5B2NO2/c1-4-2-3-5(10(11)12)7(9)6(4)8/h2-3H,1H3. The highest BCUT2D eigenvalue weighted by atomic mass is 16.6. The fourth-order valence-corrected chi connectivity index (χ4v) is 0.893. The predicted molar refractivity (Wildman–Crippen MR) is 48.6 cm³/mol. The van der Waals surface area contributed by atoms with Crippen molar-refractivity contribution in [3.63, 3.8) is 0 Å². The first-order chi connectivity index (χ1) is 5.54. The van der Waals surface area contributed by atoms with E-state index >= 15 is 0 Å². The molecule has 12 heavy (non-hydrogen) atoms. The smallest absolute Gasteiger partial charge is 0.258 e. The Bertz CT molecular complexity index is 338. The molecular formula is C7H5B2NO2. The van der Waals surface area contributed by atoms with E-state index in [1.54, 1.807) is 13.0 Å². The first-order valence-corrected chi connectivity index (χ1v) is 3.33. The lowest BCUT2D eigenvalue weighted by molar-refractivity contribution is -0.383. The van der Waals surface area contributed by atoms with E-state index in [0.29, 0.717) is 0 Å². The Kier molecular flexibility index (Phi) is 2.22. The normalized spacial score (nSPS) is 9.75. The highest BCUT2D eigenvalue weighted by molar-refractivity contribution is 6.50. The van der Waals surface area contributed by atoms with Crippen LogP contribution in [-0.4, -0.2) is 20.6 Å². The zero-order valence-electron chi connectivity index (χ0n) is 6.57. The molecule has 0 saturated heterocycles. The quantitative estimate of drug-likeness (QED) is 0.313. The largest absolute Gasteiger partial charge is 0.261 e. The molecular weight excluding hydrogens is 152 g/mol. The van der Waals surface area contributed by atoms with Gasteiger partial charge in [-0.2, -0.15) is 0 Å². The van der Waals surface area contributed by atoms with Gasteiger partial charge < -0.3 is 0 Å². The van der Waals surface area contributed by atoms with E-state index in [1.165, 1.54) is 6.07 Å². The Morgan fingerprint density at radius 1 is 1.33 bits per heavy atom. The highest BCUT2D eigenvalue weighted by Gasteiger charge is 2.11. The Labute approximate surface area is 72.8 Å². The van der Waals surface area contributed by atoms with Crippen LogP contribution in [0.2, 0.25) is 0 Å². The summed E-state index contributed by atoms with van der Waals surface area (Å²) >= 11 is 0. The molecule has 0 N–H and O–H groups in total. The van der Waals surface area contributed by atoms with Crippen molar-refractivity contribution in [2.75, 3.05) is 0 Å². The van der Waals surface area contributed by atoms with Crippen molar-refractivity contribution in [1.29, 1.82) is 0 Å². The molecule has 0 aliphatic heterocycles. The minimum atomic E-state index is -0.550. The first-order valence-electron chi connectivity index (χ1n) is 3.33. The second-order valence-corrected chi connectivity index (χ2v) is 2.49. The van der Waals surface area contributed by atoms with Gasteiger partial charge in [0.1, 0.15) is 15.7 Å². The summed E-state index contributed by atoms with van der Waals surface area (Å²) in [5.41, 5.74) is 0.931. The van der Waals surface area contributed by atoms with Gasteiger partial charge in [-0.3, -0.25) is 10.1 Å². The number of aryl methyl sites for hydroxylation is 1. The lowest BCUT2D eigenvalue weighted by Crippen LogP contribution is -2.30. The molecule has 5 heteroatoms. The molecule has 0 unspecified atom stereocenters. The maximum atomic E-state index is 10.4. The van der Waals surface area contributed by atoms with Crippen LogP contribution in [0.3, 0.4) is 0 Å². The van der Waals surface area contributed by atoms with Gasteiger partial charge in [0.05, 0.1) is 4.92 Å². The summed E-state index contributed by atoms with van der Waals surface area (Å²) in [6.07, 6.45) is 0. The van der Waals surface area contributed by atoms with E-state index in [4.69, 9.17) is 15.7 Å². The van der Waals surface area contributed by atoms with Crippen LogP contribution in [0.25, 0.3) is 0 Å². The minimum Gasteiger partial charge on any atom is -0.258 e. The molecule has 0 amide bonds. The van der Waals surface area contributed by atoms with E-state index < -0.39 is 4.92 Å². The molecule has 0 spiro atoms. The van der Waals surface area contributed by atoms with Crippen molar-refractivity contribution in [3.05, 3.63) is 27.8 Å². The molecule has 1 aromatic rings. The molecule has 0 bridgehead atoms. The summed E-state index contributed by atoms with van der Waals surface area (Å²) < 4.78 is 0. The van der Waals surface area contributed by atoms with Crippen LogP contribution in [0, 0.1) is 17.0 Å². The maximum Gasteiger partial charge on any atom is 0.261 e. The molecule has 56 valence electrons. The summed E-state index contributed by atoms with van der Waals surface area (Å²) in [7, 11) is 10.9. The third kappa shape index (κ3) is 1.35. The lowest BCUT2D eigenvalue weighted by Gasteiger charge is -2.04. The van der Waals surface area contributed by atoms with Crippen LogP contribution < -0.4 is 10.9 Å². The van der Waals surface area contributed by atoms with Gasteiger partial charge in [0.25, 0.3) is 5.69 Å². The third-order valence-corrected chi connectivity index (χ3v) is 1.68. The summed E-state index contributed by atoms with van der Waals surface area (Å²) in [5, 5.41) is 10.4. The molecule has 0 atom stereocenters. The van der Waals surface area contributed by atoms with E-state index in [1.807, 2.05) is 0 Å². The third-order valence-electron chi connectivity index (χ3n) is 1.68. The van der Waals surface area contributed by atoms with E-state index in [0.717, 1.165) is 5.56 Å². The number of nitro groups is 1. The van der Waals surface area contributed by atoms with E-state index in [-0.39, 0.29) is 16.6 Å². The van der Waals surface area contributed by atoms with Gasteiger partial charge in [0.2, 0.25) is 0 Å². The SMILES string of the molecule is [B]c1c(C)ccc([N+](=O)[O-])c1[B]. The summed E-state index contributed by atoms with van der Waals surface area (Å²) in [6, 6.07) is 2.92. The van der Waals surface area contributed by atoms with Crippen LogP contribution in [0.4, 0.5) is 5.69 Å². The van der Waals surface area contributed by atoms with Gasteiger partial charge in [-0.1, -0.05) is 17.1 Å². The van der Waals surface area contributed by atoms with Crippen molar-refractivity contribution in [2.24, 2.45) is 0 Å². The topological polar surface area (TPSA) is 43.1 Å². The highest BCUT2D eigenvalue weighted by Crippen LogP contribution is 2.05.